The number of benzene rings is 1. The number of hydrogen-bond acceptors (Lipinski definition) is 2. The van der Waals surface area contributed by atoms with Gasteiger partial charge in [-0.2, -0.15) is 0 Å². The van der Waals surface area contributed by atoms with Gasteiger partial charge >= 0.3 is 0 Å². The second kappa shape index (κ2) is 11.1. The smallest absolute Gasteiger partial charge is 0.191 e. The van der Waals surface area contributed by atoms with Gasteiger partial charge in [0.1, 0.15) is 0 Å². The Balaban J connectivity index is 0.00000288. The van der Waals surface area contributed by atoms with E-state index in [2.05, 4.69) is 74.2 Å². The van der Waals surface area contributed by atoms with E-state index in [1.807, 2.05) is 7.05 Å². The normalized spacial score (nSPS) is 16.4. The highest BCUT2D eigenvalue weighted by Crippen LogP contribution is 2.12. The Morgan fingerprint density at radius 2 is 1.92 bits per heavy atom. The van der Waals surface area contributed by atoms with Gasteiger partial charge in [0, 0.05) is 43.7 Å². The molecule has 0 atom stereocenters. The minimum Gasteiger partial charge on any atom is -0.354 e. The van der Waals surface area contributed by atoms with Gasteiger partial charge in [-0.3, -0.25) is 9.89 Å². The van der Waals surface area contributed by atoms with E-state index in [9.17, 15) is 0 Å². The Morgan fingerprint density at radius 1 is 1.29 bits per heavy atom. The number of likely N-dealkylation sites (tertiary alicyclic amines) is 1. The Labute approximate surface area is 171 Å². The van der Waals surface area contributed by atoms with Crippen molar-refractivity contribution in [3.8, 4) is 0 Å². The molecule has 134 valence electrons. The molecule has 0 aromatic heterocycles. The molecule has 1 aliphatic heterocycles. The second-order valence-electron chi connectivity index (χ2n) is 6.20. The summed E-state index contributed by atoms with van der Waals surface area (Å²) in [6.07, 6.45) is 2.29. The van der Waals surface area contributed by atoms with E-state index in [4.69, 9.17) is 0 Å². The van der Waals surface area contributed by atoms with Crippen LogP contribution in [0, 0.1) is 0 Å². The maximum Gasteiger partial charge on any atom is 0.191 e. The molecule has 0 amide bonds. The first-order chi connectivity index (χ1) is 11.1. The van der Waals surface area contributed by atoms with E-state index >= 15 is 0 Å². The monoisotopic (exact) mass is 506 g/mol. The highest BCUT2D eigenvalue weighted by atomic mass is 127. The van der Waals surface area contributed by atoms with E-state index in [0.29, 0.717) is 6.04 Å². The molecule has 0 unspecified atom stereocenters. The predicted octanol–water partition coefficient (Wildman–Crippen LogP) is 3.77. The summed E-state index contributed by atoms with van der Waals surface area (Å²) in [5, 5.41) is 6.93. The third-order valence-corrected chi connectivity index (χ3v) is 4.55. The van der Waals surface area contributed by atoms with Crippen LogP contribution in [0.25, 0.3) is 0 Å². The number of rotatable bonds is 5. The van der Waals surface area contributed by atoms with Crippen molar-refractivity contribution in [2.45, 2.75) is 32.4 Å². The van der Waals surface area contributed by atoms with Crippen LogP contribution >= 0.6 is 39.9 Å². The molecule has 1 heterocycles. The molecule has 0 spiro atoms. The van der Waals surface area contributed by atoms with Crippen molar-refractivity contribution in [3.63, 3.8) is 0 Å². The van der Waals surface area contributed by atoms with Crippen molar-refractivity contribution >= 4 is 45.9 Å². The first-order valence-electron chi connectivity index (χ1n) is 8.15. The SMILES string of the molecule is C=C(C)CN1CCC(NC(=NC)NCc2ccc(Br)cc2)CC1.I. The zero-order chi connectivity index (χ0) is 16.7. The molecule has 0 aliphatic carbocycles. The van der Waals surface area contributed by atoms with E-state index in [1.54, 1.807) is 0 Å². The number of hydrogen-bond donors (Lipinski definition) is 2. The number of nitrogens with one attached hydrogen (secondary N) is 2. The van der Waals surface area contributed by atoms with Crippen LogP contribution in [0.4, 0.5) is 0 Å². The Bertz CT molecular complexity index is 536. The van der Waals surface area contributed by atoms with Crippen LogP contribution in [-0.2, 0) is 6.54 Å². The van der Waals surface area contributed by atoms with Crippen LogP contribution in [0.15, 0.2) is 45.9 Å². The quantitative estimate of drug-likeness (QED) is 0.276. The van der Waals surface area contributed by atoms with Crippen molar-refractivity contribution in [2.75, 3.05) is 26.7 Å². The number of aliphatic imine (C=N–C) groups is 1. The summed E-state index contributed by atoms with van der Waals surface area (Å²) in [7, 11) is 1.83. The number of nitrogens with zero attached hydrogens (tertiary/aromatic N) is 2. The standard InChI is InChI=1S/C18H27BrN4.HI/c1-14(2)13-23-10-8-17(9-11-23)22-18(20-3)21-12-15-4-6-16(19)7-5-15;/h4-7,17H,1,8-13H2,2-3H3,(H2,20,21,22);1H. The van der Waals surface area contributed by atoms with Crippen LogP contribution in [-0.4, -0.2) is 43.6 Å². The van der Waals surface area contributed by atoms with Crippen LogP contribution in [0.3, 0.4) is 0 Å². The third kappa shape index (κ3) is 7.53. The average molecular weight is 507 g/mol. The van der Waals surface area contributed by atoms with Gasteiger partial charge in [-0.15, -0.1) is 24.0 Å². The fourth-order valence-electron chi connectivity index (χ4n) is 2.79. The van der Waals surface area contributed by atoms with Gasteiger partial charge in [-0.25, -0.2) is 0 Å². The lowest BCUT2D eigenvalue weighted by atomic mass is 10.0. The third-order valence-electron chi connectivity index (χ3n) is 4.02. The van der Waals surface area contributed by atoms with Crippen molar-refractivity contribution in [3.05, 3.63) is 46.5 Å². The van der Waals surface area contributed by atoms with E-state index in [0.717, 1.165) is 49.5 Å². The molecule has 1 aromatic carbocycles. The highest BCUT2D eigenvalue weighted by Gasteiger charge is 2.19. The molecule has 0 saturated carbocycles. The van der Waals surface area contributed by atoms with Crippen LogP contribution < -0.4 is 10.6 Å². The largest absolute Gasteiger partial charge is 0.354 e. The zero-order valence-electron chi connectivity index (χ0n) is 14.5. The van der Waals surface area contributed by atoms with E-state index in [1.165, 1.54) is 11.1 Å². The zero-order valence-corrected chi connectivity index (χ0v) is 18.4. The molecule has 1 aliphatic rings. The summed E-state index contributed by atoms with van der Waals surface area (Å²) in [5.41, 5.74) is 2.48. The summed E-state index contributed by atoms with van der Waals surface area (Å²) < 4.78 is 1.10. The maximum atomic E-state index is 4.34. The lowest BCUT2D eigenvalue weighted by molar-refractivity contribution is 0.221. The van der Waals surface area contributed by atoms with Gasteiger partial charge in [-0.05, 0) is 37.5 Å². The lowest BCUT2D eigenvalue weighted by Crippen LogP contribution is -2.48. The molecule has 0 radical (unpaired) electrons. The van der Waals surface area contributed by atoms with Crippen LogP contribution in [0.2, 0.25) is 0 Å². The van der Waals surface area contributed by atoms with Gasteiger partial charge in [0.05, 0.1) is 0 Å². The molecule has 2 rings (SSSR count). The molecule has 1 aromatic rings. The Hall–Kier alpha value is -0.600. The first-order valence-corrected chi connectivity index (χ1v) is 8.94. The minimum absolute atomic E-state index is 0. The summed E-state index contributed by atoms with van der Waals surface area (Å²) >= 11 is 3.46. The predicted molar refractivity (Wildman–Crippen MR) is 117 cm³/mol. The summed E-state index contributed by atoms with van der Waals surface area (Å²) in [4.78, 5) is 6.81. The molecule has 0 bridgehead atoms. The van der Waals surface area contributed by atoms with Gasteiger partial charge < -0.3 is 10.6 Å². The van der Waals surface area contributed by atoms with Crippen molar-refractivity contribution in [1.82, 2.24) is 15.5 Å². The molecule has 1 fully saturated rings. The average Bonchev–Trinajstić information content (AvgIpc) is 2.54. The number of halogens is 2. The second-order valence-corrected chi connectivity index (χ2v) is 7.12. The van der Waals surface area contributed by atoms with Gasteiger partial charge in [0.2, 0.25) is 0 Å². The van der Waals surface area contributed by atoms with Crippen molar-refractivity contribution in [2.24, 2.45) is 4.99 Å². The molecular formula is C18H28BrIN4. The van der Waals surface area contributed by atoms with Crippen molar-refractivity contribution in [1.29, 1.82) is 0 Å². The van der Waals surface area contributed by atoms with Gasteiger partial charge in [0.15, 0.2) is 5.96 Å². The minimum atomic E-state index is 0. The fourth-order valence-corrected chi connectivity index (χ4v) is 3.06. The fraction of sp³-hybridized carbons (Fsp3) is 0.500. The van der Waals surface area contributed by atoms with Crippen molar-refractivity contribution < 1.29 is 0 Å². The molecule has 2 N–H and O–H groups in total. The molecule has 6 heteroatoms. The molecule has 24 heavy (non-hydrogen) atoms. The highest BCUT2D eigenvalue weighted by molar-refractivity contribution is 14.0. The van der Waals surface area contributed by atoms with Gasteiger partial charge in [-0.1, -0.05) is 40.2 Å². The Kier molecular flexibility index (Phi) is 9.92. The van der Waals surface area contributed by atoms with Crippen LogP contribution in [0.1, 0.15) is 25.3 Å². The first kappa shape index (κ1) is 21.4. The summed E-state index contributed by atoms with van der Waals surface area (Å²) in [5.74, 6) is 0.881. The maximum absolute atomic E-state index is 4.34. The van der Waals surface area contributed by atoms with Crippen LogP contribution in [0.5, 0.6) is 0 Å². The molecular weight excluding hydrogens is 479 g/mol. The molecule has 4 nitrogen and oxygen atoms in total. The number of guanidine groups is 1. The van der Waals surface area contributed by atoms with E-state index in [-0.39, 0.29) is 24.0 Å². The summed E-state index contributed by atoms with van der Waals surface area (Å²) in [6, 6.07) is 8.84. The summed E-state index contributed by atoms with van der Waals surface area (Å²) in [6.45, 7) is 10.1. The van der Waals surface area contributed by atoms with E-state index < -0.39 is 0 Å². The van der Waals surface area contributed by atoms with Gasteiger partial charge in [0.25, 0.3) is 0 Å². The lowest BCUT2D eigenvalue weighted by Gasteiger charge is -2.33. The Morgan fingerprint density at radius 3 is 2.46 bits per heavy atom. The topological polar surface area (TPSA) is 39.7 Å². The molecule has 1 saturated heterocycles. The number of piperidine rings is 1.